The molecule has 0 aliphatic rings. The number of aliphatic hydroxyl groups excluding tert-OH is 1. The Hall–Kier alpha value is -0.300. The van der Waals surface area contributed by atoms with Crippen LogP contribution in [0.5, 0.6) is 0 Å². The van der Waals surface area contributed by atoms with Gasteiger partial charge in [-0.2, -0.15) is 0 Å². The zero-order valence-electron chi connectivity index (χ0n) is 5.59. The molecule has 48 valence electrons. The van der Waals surface area contributed by atoms with E-state index in [1.54, 1.807) is 0 Å². The fourth-order valence-corrected chi connectivity index (χ4v) is 0.429. The van der Waals surface area contributed by atoms with Crippen molar-refractivity contribution in [2.75, 3.05) is 0 Å². The van der Waals surface area contributed by atoms with Gasteiger partial charge in [-0.25, -0.2) is 0 Å². The van der Waals surface area contributed by atoms with Crippen LogP contribution in [0.2, 0.25) is 0 Å². The summed E-state index contributed by atoms with van der Waals surface area (Å²) >= 11 is 0. The smallest absolute Gasteiger partial charge is 0.0718 e. The Morgan fingerprint density at radius 3 is 2.50 bits per heavy atom. The van der Waals surface area contributed by atoms with E-state index in [0.29, 0.717) is 0 Å². The van der Waals surface area contributed by atoms with E-state index >= 15 is 0 Å². The fourth-order valence-electron chi connectivity index (χ4n) is 0.429. The first kappa shape index (κ1) is 7.70. The van der Waals surface area contributed by atoms with Gasteiger partial charge < -0.3 is 5.11 Å². The molecule has 1 unspecified atom stereocenters. The molecule has 0 spiro atoms. The van der Waals surface area contributed by atoms with Crippen molar-refractivity contribution in [2.45, 2.75) is 32.8 Å². The Balaban J connectivity index is 3.21. The lowest BCUT2D eigenvalue weighted by Gasteiger charge is -1.96. The van der Waals surface area contributed by atoms with Gasteiger partial charge in [0.15, 0.2) is 0 Å². The SMILES string of the molecule is CCC=CC(O)CC. The highest BCUT2D eigenvalue weighted by Crippen LogP contribution is 1.91. The van der Waals surface area contributed by atoms with Crippen LogP contribution in [0.4, 0.5) is 0 Å². The van der Waals surface area contributed by atoms with Crippen LogP contribution in [0, 0.1) is 0 Å². The van der Waals surface area contributed by atoms with E-state index in [1.807, 2.05) is 19.1 Å². The molecule has 1 nitrogen and oxygen atoms in total. The Morgan fingerprint density at radius 2 is 2.12 bits per heavy atom. The van der Waals surface area contributed by atoms with Crippen molar-refractivity contribution in [3.05, 3.63) is 12.2 Å². The average Bonchev–Trinajstić information content (AvgIpc) is 1.83. The topological polar surface area (TPSA) is 20.2 Å². The molecular formula is C7H14O. The molecule has 1 atom stereocenters. The first-order chi connectivity index (χ1) is 3.81. The lowest BCUT2D eigenvalue weighted by molar-refractivity contribution is 0.219. The van der Waals surface area contributed by atoms with E-state index in [4.69, 9.17) is 5.11 Å². The van der Waals surface area contributed by atoms with Crippen molar-refractivity contribution in [3.63, 3.8) is 0 Å². The van der Waals surface area contributed by atoms with Crippen LogP contribution in [-0.2, 0) is 0 Å². The summed E-state index contributed by atoms with van der Waals surface area (Å²) in [5.74, 6) is 0. The highest BCUT2D eigenvalue weighted by atomic mass is 16.3. The lowest BCUT2D eigenvalue weighted by atomic mass is 10.2. The van der Waals surface area contributed by atoms with Gasteiger partial charge in [0.05, 0.1) is 6.10 Å². The third-order valence-corrected chi connectivity index (χ3v) is 1.01. The quantitative estimate of drug-likeness (QED) is 0.554. The molecule has 0 bridgehead atoms. The Morgan fingerprint density at radius 1 is 1.50 bits per heavy atom. The van der Waals surface area contributed by atoms with Crippen LogP contribution < -0.4 is 0 Å². The van der Waals surface area contributed by atoms with Gasteiger partial charge in [0.1, 0.15) is 0 Å². The van der Waals surface area contributed by atoms with E-state index in [-0.39, 0.29) is 6.10 Å². The van der Waals surface area contributed by atoms with Crippen LogP contribution >= 0.6 is 0 Å². The van der Waals surface area contributed by atoms with Crippen molar-refractivity contribution < 1.29 is 5.11 Å². The minimum absolute atomic E-state index is 0.227. The molecule has 1 heteroatoms. The summed E-state index contributed by atoms with van der Waals surface area (Å²) in [4.78, 5) is 0. The molecule has 0 rings (SSSR count). The second-order valence-electron chi connectivity index (χ2n) is 1.81. The molecule has 0 aromatic carbocycles. The highest BCUT2D eigenvalue weighted by Gasteiger charge is 1.88. The summed E-state index contributed by atoms with van der Waals surface area (Å²) in [5.41, 5.74) is 0. The maximum Gasteiger partial charge on any atom is 0.0718 e. The zero-order valence-corrected chi connectivity index (χ0v) is 5.59. The summed E-state index contributed by atoms with van der Waals surface area (Å²) in [6, 6.07) is 0. The van der Waals surface area contributed by atoms with Crippen molar-refractivity contribution in [3.8, 4) is 0 Å². The number of hydrogen-bond acceptors (Lipinski definition) is 1. The van der Waals surface area contributed by atoms with Crippen LogP contribution in [0.1, 0.15) is 26.7 Å². The molecule has 0 heterocycles. The summed E-state index contributed by atoms with van der Waals surface area (Å²) in [5, 5.41) is 8.90. The molecule has 0 radical (unpaired) electrons. The van der Waals surface area contributed by atoms with Gasteiger partial charge in [0.2, 0.25) is 0 Å². The van der Waals surface area contributed by atoms with Crippen molar-refractivity contribution in [2.24, 2.45) is 0 Å². The van der Waals surface area contributed by atoms with Gasteiger partial charge in [-0.3, -0.25) is 0 Å². The normalized spacial score (nSPS) is 14.9. The standard InChI is InChI=1S/C7H14O/c1-3-5-6-7(8)4-2/h5-8H,3-4H2,1-2H3. The monoisotopic (exact) mass is 114 g/mol. The molecule has 0 aliphatic carbocycles. The number of hydrogen-bond donors (Lipinski definition) is 1. The first-order valence-electron chi connectivity index (χ1n) is 3.16. The fraction of sp³-hybridized carbons (Fsp3) is 0.714. The number of rotatable bonds is 3. The predicted octanol–water partition coefficient (Wildman–Crippen LogP) is 1.72. The van der Waals surface area contributed by atoms with E-state index in [0.717, 1.165) is 12.8 Å². The van der Waals surface area contributed by atoms with Crippen LogP contribution in [0.3, 0.4) is 0 Å². The molecular weight excluding hydrogens is 100 g/mol. The summed E-state index contributed by atoms with van der Waals surface area (Å²) in [6.45, 7) is 4.02. The molecule has 0 fully saturated rings. The van der Waals surface area contributed by atoms with E-state index in [1.165, 1.54) is 0 Å². The van der Waals surface area contributed by atoms with Gasteiger partial charge in [-0.05, 0) is 12.8 Å². The lowest BCUT2D eigenvalue weighted by Crippen LogP contribution is -1.97. The molecule has 0 saturated heterocycles. The molecule has 0 amide bonds. The molecule has 0 aromatic rings. The first-order valence-corrected chi connectivity index (χ1v) is 3.16. The average molecular weight is 114 g/mol. The van der Waals surface area contributed by atoms with E-state index in [2.05, 4.69) is 6.92 Å². The molecule has 0 aromatic heterocycles. The zero-order chi connectivity index (χ0) is 6.41. The summed E-state index contributed by atoms with van der Waals surface area (Å²) in [6.07, 6.45) is 5.41. The highest BCUT2D eigenvalue weighted by molar-refractivity contribution is 4.86. The summed E-state index contributed by atoms with van der Waals surface area (Å²) < 4.78 is 0. The third kappa shape index (κ3) is 3.88. The Labute approximate surface area is 51.0 Å². The second-order valence-corrected chi connectivity index (χ2v) is 1.81. The van der Waals surface area contributed by atoms with Gasteiger partial charge in [0, 0.05) is 0 Å². The second kappa shape index (κ2) is 4.85. The minimum Gasteiger partial charge on any atom is -0.389 e. The van der Waals surface area contributed by atoms with Gasteiger partial charge >= 0.3 is 0 Å². The van der Waals surface area contributed by atoms with Crippen molar-refractivity contribution >= 4 is 0 Å². The van der Waals surface area contributed by atoms with Crippen LogP contribution in [0.25, 0.3) is 0 Å². The molecule has 8 heavy (non-hydrogen) atoms. The number of aliphatic hydroxyl groups is 1. The van der Waals surface area contributed by atoms with Gasteiger partial charge in [-0.1, -0.05) is 26.0 Å². The van der Waals surface area contributed by atoms with Crippen molar-refractivity contribution in [1.29, 1.82) is 0 Å². The minimum atomic E-state index is -0.227. The maximum absolute atomic E-state index is 8.90. The van der Waals surface area contributed by atoms with Gasteiger partial charge in [0.25, 0.3) is 0 Å². The van der Waals surface area contributed by atoms with E-state index < -0.39 is 0 Å². The molecule has 1 N–H and O–H groups in total. The third-order valence-electron chi connectivity index (χ3n) is 1.01. The number of allylic oxidation sites excluding steroid dienone is 1. The van der Waals surface area contributed by atoms with E-state index in [9.17, 15) is 0 Å². The molecule has 0 aliphatic heterocycles. The Kier molecular flexibility index (Phi) is 4.67. The van der Waals surface area contributed by atoms with Crippen LogP contribution in [-0.4, -0.2) is 11.2 Å². The molecule has 0 saturated carbocycles. The summed E-state index contributed by atoms with van der Waals surface area (Å²) in [7, 11) is 0. The van der Waals surface area contributed by atoms with Crippen LogP contribution in [0.15, 0.2) is 12.2 Å². The predicted molar refractivity (Wildman–Crippen MR) is 35.7 cm³/mol. The van der Waals surface area contributed by atoms with Crippen molar-refractivity contribution in [1.82, 2.24) is 0 Å². The maximum atomic E-state index is 8.90. The van der Waals surface area contributed by atoms with Gasteiger partial charge in [-0.15, -0.1) is 0 Å². The largest absolute Gasteiger partial charge is 0.389 e. The Bertz CT molecular complexity index is 66.8.